The second kappa shape index (κ2) is 4.39. The summed E-state index contributed by atoms with van der Waals surface area (Å²) in [5, 5.41) is 28.1. The quantitative estimate of drug-likeness (QED) is 0.671. The van der Waals surface area contributed by atoms with Crippen LogP contribution in [0.15, 0.2) is 24.4 Å². The van der Waals surface area contributed by atoms with Crippen molar-refractivity contribution in [3.8, 4) is 5.69 Å². The Balaban J connectivity index is 2.53. The van der Waals surface area contributed by atoms with Gasteiger partial charge in [-0.25, -0.2) is 9.07 Å². The Morgan fingerprint density at radius 3 is 2.68 bits per heavy atom. The molecule has 1 aromatic carbocycles. The van der Waals surface area contributed by atoms with E-state index in [9.17, 15) is 19.6 Å². The lowest BCUT2D eigenvalue weighted by atomic mass is 10.1. The van der Waals surface area contributed by atoms with Crippen LogP contribution in [0.1, 0.15) is 19.5 Å². The number of halogens is 1. The molecule has 0 aliphatic rings. The van der Waals surface area contributed by atoms with Crippen molar-refractivity contribution in [1.29, 1.82) is 0 Å². The van der Waals surface area contributed by atoms with Gasteiger partial charge in [0.25, 0.3) is 5.69 Å². The summed E-state index contributed by atoms with van der Waals surface area (Å²) in [5.41, 5.74) is -1.31. The molecule has 0 spiro atoms. The van der Waals surface area contributed by atoms with Gasteiger partial charge in [0.1, 0.15) is 22.8 Å². The summed E-state index contributed by atoms with van der Waals surface area (Å²) in [6.07, 6.45) is 1.36. The van der Waals surface area contributed by atoms with E-state index in [1.165, 1.54) is 26.1 Å². The smallest absolute Gasteiger partial charge is 0.297 e. The summed E-state index contributed by atoms with van der Waals surface area (Å²) < 4.78 is 14.2. The zero-order chi connectivity index (χ0) is 14.2. The monoisotopic (exact) mass is 266 g/mol. The molecule has 0 aliphatic carbocycles. The number of benzene rings is 1. The number of hydrogen-bond acceptors (Lipinski definition) is 5. The minimum Gasteiger partial charge on any atom is -0.384 e. The second-order valence-electron chi connectivity index (χ2n) is 4.50. The molecule has 0 fully saturated rings. The van der Waals surface area contributed by atoms with Crippen LogP contribution in [0.4, 0.5) is 10.1 Å². The lowest BCUT2D eigenvalue weighted by Gasteiger charge is -2.11. The molecule has 0 atom stereocenters. The first kappa shape index (κ1) is 13.1. The highest BCUT2D eigenvalue weighted by Crippen LogP contribution is 2.24. The number of rotatable bonds is 3. The summed E-state index contributed by atoms with van der Waals surface area (Å²) in [5.74, 6) is -0.710. The summed E-state index contributed by atoms with van der Waals surface area (Å²) in [6.45, 7) is 3.03. The second-order valence-corrected chi connectivity index (χ2v) is 4.50. The molecule has 1 aromatic heterocycles. The molecule has 0 radical (unpaired) electrons. The van der Waals surface area contributed by atoms with Gasteiger partial charge in [-0.05, 0) is 26.0 Å². The van der Waals surface area contributed by atoms with Gasteiger partial charge in [0.05, 0.1) is 17.2 Å². The SMILES string of the molecule is CC(C)(O)c1cn(-c2ccc(F)cc2[N+](=O)[O-])nn1. The van der Waals surface area contributed by atoms with E-state index in [-0.39, 0.29) is 11.4 Å². The first-order chi connectivity index (χ1) is 8.79. The number of hydrogen-bond donors (Lipinski definition) is 1. The normalized spacial score (nSPS) is 11.6. The van der Waals surface area contributed by atoms with Crippen LogP contribution in [-0.2, 0) is 5.60 Å². The molecular formula is C11H11FN4O3. The fourth-order valence-corrected chi connectivity index (χ4v) is 1.50. The van der Waals surface area contributed by atoms with Crippen molar-refractivity contribution >= 4 is 5.69 Å². The molecular weight excluding hydrogens is 255 g/mol. The van der Waals surface area contributed by atoms with Crippen LogP contribution in [0, 0.1) is 15.9 Å². The molecule has 0 aliphatic heterocycles. The topological polar surface area (TPSA) is 94.1 Å². The largest absolute Gasteiger partial charge is 0.384 e. The van der Waals surface area contributed by atoms with Crippen molar-refractivity contribution in [3.05, 3.63) is 46.0 Å². The maximum Gasteiger partial charge on any atom is 0.297 e. The Kier molecular flexibility index (Phi) is 3.03. The zero-order valence-electron chi connectivity index (χ0n) is 10.2. The van der Waals surface area contributed by atoms with Crippen LogP contribution in [0.3, 0.4) is 0 Å². The van der Waals surface area contributed by atoms with Crippen LogP contribution >= 0.6 is 0 Å². The molecule has 0 saturated heterocycles. The number of nitro benzene ring substituents is 1. The molecule has 2 rings (SSSR count). The predicted octanol–water partition coefficient (Wildman–Crippen LogP) is 1.54. The zero-order valence-corrected chi connectivity index (χ0v) is 10.2. The van der Waals surface area contributed by atoms with Gasteiger partial charge in [-0.15, -0.1) is 5.10 Å². The fraction of sp³-hybridized carbons (Fsp3) is 0.273. The molecule has 2 aromatic rings. The summed E-state index contributed by atoms with van der Waals surface area (Å²) in [4.78, 5) is 10.2. The maximum atomic E-state index is 13.0. The number of aliphatic hydroxyl groups is 1. The van der Waals surface area contributed by atoms with Crippen LogP contribution in [0.2, 0.25) is 0 Å². The molecule has 0 unspecified atom stereocenters. The standard InChI is InChI=1S/C11H11FN4O3/c1-11(2,17)10-6-15(14-13-10)8-4-3-7(12)5-9(8)16(18)19/h3-6,17H,1-2H3. The first-order valence-electron chi connectivity index (χ1n) is 5.38. The van der Waals surface area contributed by atoms with Gasteiger partial charge in [0, 0.05) is 0 Å². The molecule has 0 bridgehead atoms. The van der Waals surface area contributed by atoms with Crippen LogP contribution in [-0.4, -0.2) is 25.0 Å². The van der Waals surface area contributed by atoms with E-state index >= 15 is 0 Å². The molecule has 1 N–H and O–H groups in total. The van der Waals surface area contributed by atoms with Crippen molar-refractivity contribution in [2.24, 2.45) is 0 Å². The summed E-state index contributed by atoms with van der Waals surface area (Å²) >= 11 is 0. The minimum absolute atomic E-state index is 0.0781. The fourth-order valence-electron chi connectivity index (χ4n) is 1.50. The maximum absolute atomic E-state index is 13.0. The lowest BCUT2D eigenvalue weighted by Crippen LogP contribution is -2.15. The van der Waals surface area contributed by atoms with Gasteiger partial charge in [0.2, 0.25) is 0 Å². The van der Waals surface area contributed by atoms with Crippen molar-refractivity contribution in [3.63, 3.8) is 0 Å². The number of aromatic nitrogens is 3. The molecule has 7 nitrogen and oxygen atoms in total. The Hall–Kier alpha value is -2.35. The lowest BCUT2D eigenvalue weighted by molar-refractivity contribution is -0.384. The molecule has 8 heteroatoms. The van der Waals surface area contributed by atoms with E-state index in [0.717, 1.165) is 16.8 Å². The molecule has 19 heavy (non-hydrogen) atoms. The van der Waals surface area contributed by atoms with Crippen molar-refractivity contribution in [1.82, 2.24) is 15.0 Å². The van der Waals surface area contributed by atoms with Gasteiger partial charge in [-0.3, -0.25) is 10.1 Å². The Bertz CT molecular complexity index is 633. The molecule has 1 heterocycles. The predicted molar refractivity (Wildman–Crippen MR) is 63.2 cm³/mol. The Morgan fingerprint density at radius 2 is 2.16 bits per heavy atom. The third-order valence-corrected chi connectivity index (χ3v) is 2.50. The molecule has 0 amide bonds. The molecule has 0 saturated carbocycles. The van der Waals surface area contributed by atoms with E-state index in [4.69, 9.17) is 0 Å². The van der Waals surface area contributed by atoms with Crippen molar-refractivity contribution < 1.29 is 14.4 Å². The van der Waals surface area contributed by atoms with E-state index in [1.807, 2.05) is 0 Å². The Labute approximate surface area is 107 Å². The van der Waals surface area contributed by atoms with Gasteiger partial charge in [-0.1, -0.05) is 5.21 Å². The third-order valence-electron chi connectivity index (χ3n) is 2.50. The highest BCUT2D eigenvalue weighted by molar-refractivity contribution is 5.51. The van der Waals surface area contributed by atoms with Gasteiger partial charge < -0.3 is 5.11 Å². The van der Waals surface area contributed by atoms with Gasteiger partial charge in [-0.2, -0.15) is 0 Å². The van der Waals surface area contributed by atoms with Crippen molar-refractivity contribution in [2.75, 3.05) is 0 Å². The van der Waals surface area contributed by atoms with Crippen LogP contribution in [0.25, 0.3) is 5.69 Å². The first-order valence-corrected chi connectivity index (χ1v) is 5.38. The minimum atomic E-state index is -1.22. The third kappa shape index (κ3) is 2.58. The molecule has 100 valence electrons. The number of nitro groups is 1. The van der Waals surface area contributed by atoms with Gasteiger partial charge in [0.15, 0.2) is 0 Å². The van der Waals surface area contributed by atoms with E-state index in [0.29, 0.717) is 0 Å². The summed E-state index contributed by atoms with van der Waals surface area (Å²) in [6, 6.07) is 3.13. The van der Waals surface area contributed by atoms with Gasteiger partial charge >= 0.3 is 0 Å². The van der Waals surface area contributed by atoms with E-state index in [2.05, 4.69) is 10.3 Å². The van der Waals surface area contributed by atoms with E-state index < -0.39 is 22.0 Å². The highest BCUT2D eigenvalue weighted by atomic mass is 19.1. The average molecular weight is 266 g/mol. The number of nitrogens with zero attached hydrogens (tertiary/aromatic N) is 4. The van der Waals surface area contributed by atoms with Crippen LogP contribution < -0.4 is 0 Å². The van der Waals surface area contributed by atoms with Crippen molar-refractivity contribution in [2.45, 2.75) is 19.4 Å². The Morgan fingerprint density at radius 1 is 1.47 bits per heavy atom. The van der Waals surface area contributed by atoms with Crippen LogP contribution in [0.5, 0.6) is 0 Å². The average Bonchev–Trinajstić information content (AvgIpc) is 2.77. The summed E-state index contributed by atoms with van der Waals surface area (Å²) in [7, 11) is 0. The highest BCUT2D eigenvalue weighted by Gasteiger charge is 2.23. The van der Waals surface area contributed by atoms with E-state index in [1.54, 1.807) is 0 Å².